The molecule has 0 aliphatic heterocycles. The summed E-state index contributed by atoms with van der Waals surface area (Å²) in [4.78, 5) is 22.5. The molecule has 6 heteroatoms. The zero-order valence-electron chi connectivity index (χ0n) is 8.71. The highest BCUT2D eigenvalue weighted by molar-refractivity contribution is 6.31. The number of halogens is 1. The van der Waals surface area contributed by atoms with Crippen LogP contribution >= 0.6 is 11.6 Å². The second-order valence-corrected chi connectivity index (χ2v) is 3.57. The molecule has 0 bridgehead atoms. The van der Waals surface area contributed by atoms with Gasteiger partial charge in [-0.2, -0.15) is 0 Å². The molecule has 1 aromatic carbocycles. The Bertz CT molecular complexity index is 400. The lowest BCUT2D eigenvalue weighted by Crippen LogP contribution is -2.35. The minimum absolute atomic E-state index is 0.0816. The van der Waals surface area contributed by atoms with E-state index in [1.807, 2.05) is 0 Å². The van der Waals surface area contributed by atoms with Crippen LogP contribution in [0.25, 0.3) is 0 Å². The number of nitrogens with one attached hydrogen (secondary N) is 2. The van der Waals surface area contributed by atoms with Gasteiger partial charge in [0.05, 0.1) is 6.54 Å². The topological polar surface area (TPSA) is 84.2 Å². The van der Waals surface area contributed by atoms with Crippen LogP contribution in [0.3, 0.4) is 0 Å². The highest BCUT2D eigenvalue weighted by atomic mass is 35.5. The molecule has 16 heavy (non-hydrogen) atoms. The predicted molar refractivity (Wildman–Crippen MR) is 62.3 cm³/mol. The minimum Gasteiger partial charge on any atom is -0.399 e. The summed E-state index contributed by atoms with van der Waals surface area (Å²) >= 11 is 5.74. The van der Waals surface area contributed by atoms with Crippen LogP contribution in [0.2, 0.25) is 5.02 Å². The Morgan fingerprint density at radius 2 is 2.06 bits per heavy atom. The molecule has 0 fully saturated rings. The first-order valence-corrected chi connectivity index (χ1v) is 4.95. The van der Waals surface area contributed by atoms with Gasteiger partial charge in [-0.05, 0) is 18.2 Å². The van der Waals surface area contributed by atoms with E-state index in [0.717, 1.165) is 0 Å². The molecular weight excluding hydrogens is 230 g/mol. The molecule has 2 amide bonds. The van der Waals surface area contributed by atoms with Crippen LogP contribution in [-0.4, -0.2) is 25.4 Å². The van der Waals surface area contributed by atoms with E-state index in [2.05, 4.69) is 10.6 Å². The summed E-state index contributed by atoms with van der Waals surface area (Å²) in [5.74, 6) is -0.666. The number of benzene rings is 1. The van der Waals surface area contributed by atoms with Gasteiger partial charge in [0.15, 0.2) is 0 Å². The first-order chi connectivity index (χ1) is 7.52. The van der Waals surface area contributed by atoms with Gasteiger partial charge in [0.1, 0.15) is 0 Å². The van der Waals surface area contributed by atoms with Crippen molar-refractivity contribution in [2.75, 3.05) is 19.3 Å². The van der Waals surface area contributed by atoms with Gasteiger partial charge in [-0.1, -0.05) is 11.6 Å². The van der Waals surface area contributed by atoms with Gasteiger partial charge >= 0.3 is 0 Å². The average Bonchev–Trinajstić information content (AvgIpc) is 2.23. The van der Waals surface area contributed by atoms with Gasteiger partial charge in [-0.25, -0.2) is 0 Å². The molecule has 0 aliphatic rings. The number of hydrogen-bond donors (Lipinski definition) is 3. The van der Waals surface area contributed by atoms with E-state index >= 15 is 0 Å². The number of amides is 2. The number of rotatable bonds is 3. The molecule has 0 aliphatic carbocycles. The fraction of sp³-hybridized carbons (Fsp3) is 0.200. The van der Waals surface area contributed by atoms with Gasteiger partial charge < -0.3 is 16.4 Å². The van der Waals surface area contributed by atoms with Crippen molar-refractivity contribution >= 4 is 29.1 Å². The molecule has 0 spiro atoms. The molecule has 0 unspecified atom stereocenters. The number of anilines is 1. The maximum absolute atomic E-state index is 11.6. The Morgan fingerprint density at radius 1 is 1.38 bits per heavy atom. The second kappa shape index (κ2) is 5.37. The lowest BCUT2D eigenvalue weighted by atomic mass is 10.2. The highest BCUT2D eigenvalue weighted by Gasteiger charge is 2.08. The van der Waals surface area contributed by atoms with Crippen LogP contribution in [0.1, 0.15) is 10.4 Å². The maximum atomic E-state index is 11.6. The van der Waals surface area contributed by atoms with Crippen LogP contribution in [0.15, 0.2) is 18.2 Å². The van der Waals surface area contributed by atoms with E-state index in [0.29, 0.717) is 16.3 Å². The maximum Gasteiger partial charge on any atom is 0.251 e. The van der Waals surface area contributed by atoms with Crippen LogP contribution in [0, 0.1) is 0 Å². The molecule has 0 saturated heterocycles. The van der Waals surface area contributed by atoms with E-state index in [1.54, 1.807) is 0 Å². The van der Waals surface area contributed by atoms with Gasteiger partial charge in [0.25, 0.3) is 5.91 Å². The van der Waals surface area contributed by atoms with Crippen molar-refractivity contribution in [2.24, 2.45) is 0 Å². The molecule has 4 N–H and O–H groups in total. The summed E-state index contributed by atoms with van der Waals surface area (Å²) in [5.41, 5.74) is 6.26. The number of carbonyl (C=O) groups excluding carboxylic acids is 2. The van der Waals surface area contributed by atoms with Crippen molar-refractivity contribution in [3.05, 3.63) is 28.8 Å². The Labute approximate surface area is 98.0 Å². The summed E-state index contributed by atoms with van der Waals surface area (Å²) in [6.07, 6.45) is 0. The fourth-order valence-electron chi connectivity index (χ4n) is 1.09. The van der Waals surface area contributed by atoms with Crippen LogP contribution in [-0.2, 0) is 4.79 Å². The quantitative estimate of drug-likeness (QED) is 0.670. The van der Waals surface area contributed by atoms with E-state index in [9.17, 15) is 9.59 Å². The molecule has 0 aromatic heterocycles. The zero-order chi connectivity index (χ0) is 12.1. The number of likely N-dealkylation sites (N-methyl/N-ethyl adjacent to an activating group) is 1. The highest BCUT2D eigenvalue weighted by Crippen LogP contribution is 2.16. The van der Waals surface area contributed by atoms with Crippen molar-refractivity contribution in [3.8, 4) is 0 Å². The van der Waals surface area contributed by atoms with E-state index in [-0.39, 0.29) is 12.5 Å². The van der Waals surface area contributed by atoms with Crippen molar-refractivity contribution in [3.63, 3.8) is 0 Å². The van der Waals surface area contributed by atoms with Crippen molar-refractivity contribution < 1.29 is 9.59 Å². The number of hydrogen-bond acceptors (Lipinski definition) is 3. The van der Waals surface area contributed by atoms with E-state index in [4.69, 9.17) is 17.3 Å². The van der Waals surface area contributed by atoms with E-state index < -0.39 is 5.91 Å². The summed E-state index contributed by atoms with van der Waals surface area (Å²) in [7, 11) is 1.49. The second-order valence-electron chi connectivity index (χ2n) is 3.13. The number of nitrogen functional groups attached to an aromatic ring is 1. The summed E-state index contributed by atoms with van der Waals surface area (Å²) in [5, 5.41) is 5.21. The largest absolute Gasteiger partial charge is 0.399 e. The molecule has 1 rings (SSSR count). The first kappa shape index (κ1) is 12.3. The summed E-state index contributed by atoms with van der Waals surface area (Å²) in [6.45, 7) is -0.0816. The number of carbonyl (C=O) groups is 2. The Balaban J connectivity index is 2.69. The van der Waals surface area contributed by atoms with Crippen molar-refractivity contribution in [1.29, 1.82) is 0 Å². The van der Waals surface area contributed by atoms with Crippen LogP contribution < -0.4 is 16.4 Å². The first-order valence-electron chi connectivity index (χ1n) is 4.58. The molecule has 5 nitrogen and oxygen atoms in total. The van der Waals surface area contributed by atoms with Gasteiger partial charge in [-0.15, -0.1) is 0 Å². The van der Waals surface area contributed by atoms with Gasteiger partial charge in [0, 0.05) is 23.3 Å². The summed E-state index contributed by atoms with van der Waals surface area (Å²) in [6, 6.07) is 4.51. The third-order valence-electron chi connectivity index (χ3n) is 1.87. The zero-order valence-corrected chi connectivity index (χ0v) is 9.47. The minimum atomic E-state index is -0.391. The Hall–Kier alpha value is -1.75. The standard InChI is InChI=1S/C10H12ClN3O2/c1-13-9(15)5-14-10(16)6-2-7(11)4-8(12)3-6/h2-4H,5,12H2,1H3,(H,13,15)(H,14,16). The number of nitrogens with two attached hydrogens (primary N) is 1. The third kappa shape index (κ3) is 3.43. The average molecular weight is 242 g/mol. The lowest BCUT2D eigenvalue weighted by molar-refractivity contribution is -0.119. The molecule has 0 heterocycles. The molecular formula is C10H12ClN3O2. The molecule has 0 radical (unpaired) electrons. The van der Waals surface area contributed by atoms with E-state index in [1.165, 1.54) is 25.2 Å². The molecule has 86 valence electrons. The molecule has 0 atom stereocenters. The third-order valence-corrected chi connectivity index (χ3v) is 2.09. The van der Waals surface area contributed by atoms with Crippen LogP contribution in [0.4, 0.5) is 5.69 Å². The Morgan fingerprint density at radius 3 is 2.62 bits per heavy atom. The van der Waals surface area contributed by atoms with Crippen LogP contribution in [0.5, 0.6) is 0 Å². The SMILES string of the molecule is CNC(=O)CNC(=O)c1cc(N)cc(Cl)c1. The Kier molecular flexibility index (Phi) is 4.13. The van der Waals surface area contributed by atoms with Gasteiger partial charge in [-0.3, -0.25) is 9.59 Å². The molecule has 0 saturated carbocycles. The smallest absolute Gasteiger partial charge is 0.251 e. The molecule has 1 aromatic rings. The monoisotopic (exact) mass is 241 g/mol. The van der Waals surface area contributed by atoms with Crippen molar-refractivity contribution in [2.45, 2.75) is 0 Å². The van der Waals surface area contributed by atoms with Crippen molar-refractivity contribution in [1.82, 2.24) is 10.6 Å². The fourth-order valence-corrected chi connectivity index (χ4v) is 1.34. The predicted octanol–water partition coefficient (Wildman–Crippen LogP) is 0.398. The normalized spacial score (nSPS) is 9.62. The lowest BCUT2D eigenvalue weighted by Gasteiger charge is -2.05. The van der Waals surface area contributed by atoms with Gasteiger partial charge in [0.2, 0.25) is 5.91 Å². The summed E-state index contributed by atoms with van der Waals surface area (Å²) < 4.78 is 0.